The van der Waals surface area contributed by atoms with Crippen molar-refractivity contribution in [2.24, 2.45) is 5.84 Å². The molecule has 1 aromatic carbocycles. The second-order valence-corrected chi connectivity index (χ2v) is 6.78. The van der Waals surface area contributed by atoms with E-state index in [1.165, 1.54) is 16.0 Å². The molecule has 2 rings (SSSR count). The van der Waals surface area contributed by atoms with E-state index in [1.54, 1.807) is 11.3 Å². The third kappa shape index (κ3) is 3.45. The maximum absolute atomic E-state index is 5.72. The molecular weight excluding hydrogens is 266 g/mol. The highest BCUT2D eigenvalue weighted by molar-refractivity contribution is 7.11. The van der Waals surface area contributed by atoms with Crippen LogP contribution in [0, 0.1) is 13.8 Å². The maximum Gasteiger partial charge on any atom is 0.0950 e. The lowest BCUT2D eigenvalue weighted by Crippen LogP contribution is -2.29. The van der Waals surface area contributed by atoms with Crippen molar-refractivity contribution in [3.8, 4) is 0 Å². The van der Waals surface area contributed by atoms with Gasteiger partial charge < -0.3 is 0 Å². The first-order valence-corrected chi connectivity index (χ1v) is 7.81. The number of nitrogens with two attached hydrogens (primary N) is 1. The van der Waals surface area contributed by atoms with Crippen LogP contribution in [0.25, 0.3) is 0 Å². The Morgan fingerprint density at radius 1 is 1.15 bits per heavy atom. The smallest absolute Gasteiger partial charge is 0.0950 e. The Hall–Kier alpha value is -1.23. The number of aryl methyl sites for hydroxylation is 2. The van der Waals surface area contributed by atoms with Gasteiger partial charge >= 0.3 is 0 Å². The van der Waals surface area contributed by atoms with Gasteiger partial charge in [0.25, 0.3) is 0 Å². The van der Waals surface area contributed by atoms with Crippen LogP contribution in [0.4, 0.5) is 0 Å². The van der Waals surface area contributed by atoms with Gasteiger partial charge in [-0.25, -0.2) is 4.98 Å². The topological polar surface area (TPSA) is 50.9 Å². The first-order valence-electron chi connectivity index (χ1n) is 7.00. The van der Waals surface area contributed by atoms with E-state index in [-0.39, 0.29) is 6.04 Å². The molecule has 0 bridgehead atoms. The number of aromatic nitrogens is 1. The standard InChI is InChI=1S/C16H23N3S/c1-10(2)13-5-7-14(8-6-13)15(19-17)9-16-18-11(3)12(4)20-16/h5-8,10,15,19H,9,17H2,1-4H3. The molecule has 0 saturated carbocycles. The number of benzene rings is 1. The predicted molar refractivity (Wildman–Crippen MR) is 85.9 cm³/mol. The van der Waals surface area contributed by atoms with E-state index in [0.717, 1.165) is 17.1 Å². The van der Waals surface area contributed by atoms with E-state index < -0.39 is 0 Å². The molecule has 1 unspecified atom stereocenters. The molecule has 1 aromatic heterocycles. The normalized spacial score (nSPS) is 12.9. The van der Waals surface area contributed by atoms with Crippen LogP contribution in [-0.2, 0) is 6.42 Å². The Labute approximate surface area is 125 Å². The molecule has 108 valence electrons. The molecule has 0 amide bonds. The number of thiazole rings is 1. The number of nitrogens with zero attached hydrogens (tertiary/aromatic N) is 1. The molecular formula is C16H23N3S. The summed E-state index contributed by atoms with van der Waals surface area (Å²) in [4.78, 5) is 5.88. The highest BCUT2D eigenvalue weighted by atomic mass is 32.1. The first-order chi connectivity index (χ1) is 9.51. The van der Waals surface area contributed by atoms with Crippen molar-refractivity contribution in [2.75, 3.05) is 0 Å². The van der Waals surface area contributed by atoms with Crippen LogP contribution in [0.2, 0.25) is 0 Å². The van der Waals surface area contributed by atoms with Crippen LogP contribution >= 0.6 is 11.3 Å². The van der Waals surface area contributed by atoms with E-state index in [2.05, 4.69) is 62.4 Å². The predicted octanol–water partition coefficient (Wildman–Crippen LogP) is 3.63. The van der Waals surface area contributed by atoms with Crippen molar-refractivity contribution < 1.29 is 0 Å². The van der Waals surface area contributed by atoms with Crippen LogP contribution < -0.4 is 11.3 Å². The van der Waals surface area contributed by atoms with Gasteiger partial charge in [0.2, 0.25) is 0 Å². The molecule has 0 aliphatic heterocycles. The highest BCUT2D eigenvalue weighted by Gasteiger charge is 2.14. The largest absolute Gasteiger partial charge is 0.271 e. The molecule has 0 aliphatic rings. The van der Waals surface area contributed by atoms with Gasteiger partial charge in [-0.1, -0.05) is 38.1 Å². The lowest BCUT2D eigenvalue weighted by Gasteiger charge is -2.16. The minimum absolute atomic E-state index is 0.112. The third-order valence-corrected chi connectivity index (χ3v) is 4.75. The molecule has 4 heteroatoms. The fourth-order valence-corrected chi connectivity index (χ4v) is 3.17. The molecule has 0 aliphatic carbocycles. The Balaban J connectivity index is 2.15. The zero-order valence-electron chi connectivity index (χ0n) is 12.6. The molecule has 20 heavy (non-hydrogen) atoms. The average Bonchev–Trinajstić information content (AvgIpc) is 2.75. The van der Waals surface area contributed by atoms with Gasteiger partial charge in [-0.15, -0.1) is 11.3 Å². The minimum Gasteiger partial charge on any atom is -0.271 e. The van der Waals surface area contributed by atoms with E-state index in [0.29, 0.717) is 5.92 Å². The van der Waals surface area contributed by atoms with Crippen molar-refractivity contribution in [2.45, 2.75) is 46.1 Å². The minimum atomic E-state index is 0.112. The van der Waals surface area contributed by atoms with Gasteiger partial charge in [-0.3, -0.25) is 11.3 Å². The van der Waals surface area contributed by atoms with Crippen LogP contribution in [0.3, 0.4) is 0 Å². The van der Waals surface area contributed by atoms with E-state index in [9.17, 15) is 0 Å². The van der Waals surface area contributed by atoms with E-state index >= 15 is 0 Å². The first kappa shape index (κ1) is 15.2. The number of hydrogen-bond acceptors (Lipinski definition) is 4. The van der Waals surface area contributed by atoms with Crippen LogP contribution in [0.1, 0.15) is 52.5 Å². The van der Waals surface area contributed by atoms with Crippen molar-refractivity contribution >= 4 is 11.3 Å². The SMILES string of the molecule is Cc1nc(CC(NN)c2ccc(C(C)C)cc2)sc1C. The van der Waals surface area contributed by atoms with E-state index in [4.69, 9.17) is 5.84 Å². The second kappa shape index (κ2) is 6.48. The summed E-state index contributed by atoms with van der Waals surface area (Å²) in [5.74, 6) is 6.28. The monoisotopic (exact) mass is 289 g/mol. The molecule has 2 aromatic rings. The van der Waals surface area contributed by atoms with Gasteiger partial charge in [-0.2, -0.15) is 0 Å². The number of nitrogens with one attached hydrogen (secondary N) is 1. The summed E-state index contributed by atoms with van der Waals surface area (Å²) in [6, 6.07) is 8.80. The molecule has 0 fully saturated rings. The summed E-state index contributed by atoms with van der Waals surface area (Å²) >= 11 is 1.75. The lowest BCUT2D eigenvalue weighted by molar-refractivity contribution is 0.550. The third-order valence-electron chi connectivity index (χ3n) is 3.66. The Morgan fingerprint density at radius 3 is 2.20 bits per heavy atom. The summed E-state index contributed by atoms with van der Waals surface area (Å²) in [7, 11) is 0. The summed E-state index contributed by atoms with van der Waals surface area (Å²) in [5.41, 5.74) is 6.59. The van der Waals surface area contributed by atoms with Crippen molar-refractivity contribution in [3.63, 3.8) is 0 Å². The highest BCUT2D eigenvalue weighted by Crippen LogP contribution is 2.24. The molecule has 3 nitrogen and oxygen atoms in total. The number of rotatable bonds is 5. The van der Waals surface area contributed by atoms with Crippen molar-refractivity contribution in [3.05, 3.63) is 51.0 Å². The second-order valence-electron chi connectivity index (χ2n) is 5.49. The summed E-state index contributed by atoms with van der Waals surface area (Å²) < 4.78 is 0. The molecule has 1 heterocycles. The van der Waals surface area contributed by atoms with Gasteiger partial charge in [-0.05, 0) is 30.9 Å². The fraction of sp³-hybridized carbons (Fsp3) is 0.438. The Bertz CT molecular complexity index is 538. The quantitative estimate of drug-likeness (QED) is 0.653. The molecule has 0 radical (unpaired) electrons. The van der Waals surface area contributed by atoms with Crippen LogP contribution in [-0.4, -0.2) is 4.98 Å². The van der Waals surface area contributed by atoms with Crippen molar-refractivity contribution in [1.82, 2.24) is 10.4 Å². The number of hydrogen-bond donors (Lipinski definition) is 2. The molecule has 1 atom stereocenters. The maximum atomic E-state index is 5.72. The van der Waals surface area contributed by atoms with Gasteiger partial charge in [0.05, 0.1) is 16.7 Å². The van der Waals surface area contributed by atoms with Gasteiger partial charge in [0.15, 0.2) is 0 Å². The fourth-order valence-electron chi connectivity index (χ4n) is 2.19. The summed E-state index contributed by atoms with van der Waals surface area (Å²) in [6.07, 6.45) is 0.830. The molecule has 3 N–H and O–H groups in total. The van der Waals surface area contributed by atoms with Crippen molar-refractivity contribution in [1.29, 1.82) is 0 Å². The Kier molecular flexibility index (Phi) is 4.91. The lowest BCUT2D eigenvalue weighted by atomic mass is 9.98. The Morgan fingerprint density at radius 2 is 1.75 bits per heavy atom. The van der Waals surface area contributed by atoms with Gasteiger partial charge in [0.1, 0.15) is 0 Å². The van der Waals surface area contributed by atoms with E-state index in [1.807, 2.05) is 0 Å². The van der Waals surface area contributed by atoms with Crippen LogP contribution in [0.15, 0.2) is 24.3 Å². The van der Waals surface area contributed by atoms with Crippen LogP contribution in [0.5, 0.6) is 0 Å². The summed E-state index contributed by atoms with van der Waals surface area (Å²) in [5, 5.41) is 1.14. The zero-order chi connectivity index (χ0) is 14.7. The summed E-state index contributed by atoms with van der Waals surface area (Å²) in [6.45, 7) is 8.57. The zero-order valence-corrected chi connectivity index (χ0v) is 13.4. The average molecular weight is 289 g/mol. The molecule has 0 saturated heterocycles. The van der Waals surface area contributed by atoms with Gasteiger partial charge in [0, 0.05) is 11.3 Å². The number of hydrazine groups is 1. The molecule has 0 spiro atoms.